The Morgan fingerprint density at radius 3 is 1.52 bits per heavy atom. The summed E-state index contributed by atoms with van der Waals surface area (Å²) in [5.74, 6) is 0. The topological polar surface area (TPSA) is 14.2 Å². The first-order chi connectivity index (χ1) is 32.0. The van der Waals surface area contributed by atoms with Crippen LogP contribution in [0.1, 0.15) is 44.5 Å². The number of hydrogen-bond donors (Lipinski definition) is 0. The Bertz CT molecular complexity index is 3820. The molecule has 0 aliphatic heterocycles. The molecule has 9 aromatic carbocycles. The van der Waals surface area contributed by atoms with Gasteiger partial charge < -0.3 is 9.13 Å². The first-order valence-electron chi connectivity index (χ1n) is 22.9. The van der Waals surface area contributed by atoms with E-state index in [2.05, 4.69) is 227 Å². The lowest BCUT2D eigenvalue weighted by atomic mass is 9.92. The van der Waals surface area contributed by atoms with Crippen LogP contribution in [-0.2, 0) is 0 Å². The van der Waals surface area contributed by atoms with Crippen molar-refractivity contribution in [1.82, 2.24) is 9.13 Å². The third kappa shape index (κ3) is 6.47. The summed E-state index contributed by atoms with van der Waals surface area (Å²) in [6.45, 7) is 26.0. The van der Waals surface area contributed by atoms with Gasteiger partial charge in [0.05, 0.1) is 40.0 Å². The van der Waals surface area contributed by atoms with E-state index in [1.807, 2.05) is 6.07 Å². The zero-order valence-corrected chi connectivity index (χ0v) is 38.9. The lowest BCUT2D eigenvalue weighted by molar-refractivity contribution is 1.16. The molecule has 2 aromatic heterocycles. The van der Waals surface area contributed by atoms with Gasteiger partial charge in [0.1, 0.15) is 0 Å². The van der Waals surface area contributed by atoms with Gasteiger partial charge in [-0.15, -0.1) is 0 Å². The maximum atomic E-state index is 8.31. The van der Waals surface area contributed by atoms with Crippen molar-refractivity contribution >= 4 is 49.3 Å². The number of fused-ring (bicyclic) bond motifs is 6. The second-order valence-corrected chi connectivity index (χ2v) is 18.5. The Morgan fingerprint density at radius 2 is 0.864 bits per heavy atom. The molecule has 2 heterocycles. The van der Waals surface area contributed by atoms with Gasteiger partial charge in [-0.25, -0.2) is 4.85 Å². The summed E-state index contributed by atoms with van der Waals surface area (Å²) < 4.78 is 4.88. The van der Waals surface area contributed by atoms with Crippen LogP contribution in [0.3, 0.4) is 0 Å². The molecule has 0 spiro atoms. The quantitative estimate of drug-likeness (QED) is 0.148. The van der Waals surface area contributed by atoms with Crippen LogP contribution >= 0.6 is 0 Å². The molecule has 0 radical (unpaired) electrons. The van der Waals surface area contributed by atoms with Crippen LogP contribution in [0.2, 0.25) is 0 Å². The molecule has 0 aliphatic carbocycles. The van der Waals surface area contributed by atoms with Gasteiger partial charge in [0, 0.05) is 27.1 Å². The van der Waals surface area contributed by atoms with Gasteiger partial charge in [-0.2, -0.15) is 0 Å². The molecule has 0 saturated carbocycles. The summed E-state index contributed by atoms with van der Waals surface area (Å²) in [5, 5.41) is 4.80. The van der Waals surface area contributed by atoms with E-state index in [4.69, 9.17) is 6.57 Å². The molecule has 11 rings (SSSR count). The lowest BCUT2D eigenvalue weighted by Crippen LogP contribution is -2.02. The molecule has 0 aliphatic rings. The molecule has 0 N–H and O–H groups in total. The molecule has 0 amide bonds. The highest BCUT2D eigenvalue weighted by molar-refractivity contribution is 6.13. The van der Waals surface area contributed by atoms with Crippen molar-refractivity contribution in [3.8, 4) is 55.9 Å². The van der Waals surface area contributed by atoms with E-state index >= 15 is 0 Å². The molecule has 0 saturated heterocycles. The molecule has 0 atom stereocenters. The number of aryl methyl sites for hydroxylation is 7. The molecule has 3 nitrogen and oxygen atoms in total. The van der Waals surface area contributed by atoms with E-state index in [0.29, 0.717) is 5.69 Å². The summed E-state index contributed by atoms with van der Waals surface area (Å²) in [6, 6.07) is 60.5. The number of benzene rings is 9. The SMILES string of the molecule is [C-]#[N+]c1ccc(-n2c3ccccc3c3cc(-c4cc(C)cc(C)c4C)ccc32)c(-c2ccc(-c3c(C)cccc3C)cc2-n2c3ccccc3c3cc(-c4c(C)cc(C)cc4C)ccc32)c1. The Labute approximate surface area is 387 Å². The number of rotatable bonds is 6. The molecule has 0 bridgehead atoms. The minimum absolute atomic E-state index is 0.600. The molecule has 0 unspecified atom stereocenters. The summed E-state index contributed by atoms with van der Waals surface area (Å²) in [5.41, 5.74) is 26.8. The molecule has 318 valence electrons. The second-order valence-electron chi connectivity index (χ2n) is 18.5. The van der Waals surface area contributed by atoms with E-state index in [9.17, 15) is 0 Å². The van der Waals surface area contributed by atoms with Crippen molar-refractivity contribution in [2.45, 2.75) is 55.4 Å². The van der Waals surface area contributed by atoms with Gasteiger partial charge >= 0.3 is 0 Å². The van der Waals surface area contributed by atoms with Crippen LogP contribution < -0.4 is 0 Å². The van der Waals surface area contributed by atoms with E-state index in [1.54, 1.807) is 0 Å². The predicted octanol–water partition coefficient (Wildman–Crippen LogP) is 17.6. The van der Waals surface area contributed by atoms with Crippen molar-refractivity contribution in [1.29, 1.82) is 0 Å². The van der Waals surface area contributed by atoms with Crippen molar-refractivity contribution in [2.24, 2.45) is 0 Å². The standard InChI is InChI=1S/C63H51N3/c1-37-30-42(6)63(43(7)31-37)46-23-27-59-54(34-46)50-18-11-13-20-57(50)66(59)61-35-47(62-39(3)15-14-16-40(62)4)21-25-51(61)55-36-48(64-9)24-28-60(55)65-56-19-12-10-17-49(56)53-33-45(22-26-58(53)65)52-32-38(2)29-41(5)44(52)8/h10-36H,1-8H3. The van der Waals surface area contributed by atoms with Gasteiger partial charge in [0.2, 0.25) is 0 Å². The fraction of sp³-hybridized carbons (Fsp3) is 0.127. The summed E-state index contributed by atoms with van der Waals surface area (Å²) >= 11 is 0. The smallest absolute Gasteiger partial charge is 0.188 e. The normalized spacial score (nSPS) is 11.6. The fourth-order valence-corrected chi connectivity index (χ4v) is 11.1. The minimum atomic E-state index is 0.600. The number of nitrogens with zero attached hydrogens (tertiary/aromatic N) is 3. The first-order valence-corrected chi connectivity index (χ1v) is 22.9. The van der Waals surface area contributed by atoms with Crippen LogP contribution in [0.15, 0.2) is 164 Å². The average molecular weight is 850 g/mol. The van der Waals surface area contributed by atoms with E-state index in [-0.39, 0.29) is 0 Å². The van der Waals surface area contributed by atoms with Crippen molar-refractivity contribution in [3.05, 3.63) is 220 Å². The number of hydrogen-bond acceptors (Lipinski definition) is 0. The zero-order chi connectivity index (χ0) is 45.5. The second kappa shape index (κ2) is 15.7. The van der Waals surface area contributed by atoms with Crippen molar-refractivity contribution < 1.29 is 0 Å². The van der Waals surface area contributed by atoms with Crippen molar-refractivity contribution in [3.63, 3.8) is 0 Å². The maximum Gasteiger partial charge on any atom is 0.188 e. The van der Waals surface area contributed by atoms with Crippen LogP contribution in [-0.4, -0.2) is 9.13 Å². The van der Waals surface area contributed by atoms with E-state index < -0.39 is 0 Å². The van der Waals surface area contributed by atoms with Crippen LogP contribution in [0.5, 0.6) is 0 Å². The van der Waals surface area contributed by atoms with Crippen molar-refractivity contribution in [2.75, 3.05) is 0 Å². The zero-order valence-electron chi connectivity index (χ0n) is 38.9. The summed E-state index contributed by atoms with van der Waals surface area (Å²) in [7, 11) is 0. The summed E-state index contributed by atoms with van der Waals surface area (Å²) in [4.78, 5) is 4.04. The number of aromatic nitrogens is 2. The Hall–Kier alpha value is -7.93. The minimum Gasteiger partial charge on any atom is -0.309 e. The fourth-order valence-electron chi connectivity index (χ4n) is 11.1. The summed E-state index contributed by atoms with van der Waals surface area (Å²) in [6.07, 6.45) is 0. The highest BCUT2D eigenvalue weighted by Gasteiger charge is 2.23. The Morgan fingerprint density at radius 1 is 0.348 bits per heavy atom. The highest BCUT2D eigenvalue weighted by atomic mass is 15.0. The molecule has 0 fully saturated rings. The van der Waals surface area contributed by atoms with Gasteiger partial charge in [-0.05, 0) is 182 Å². The van der Waals surface area contributed by atoms with Gasteiger partial charge in [-0.3, -0.25) is 0 Å². The van der Waals surface area contributed by atoms with Gasteiger partial charge in [0.25, 0.3) is 0 Å². The maximum absolute atomic E-state index is 8.31. The van der Waals surface area contributed by atoms with Crippen LogP contribution in [0.25, 0.3) is 104 Å². The molecular weight excluding hydrogens is 799 g/mol. The third-order valence-corrected chi connectivity index (χ3v) is 14.1. The first kappa shape index (κ1) is 40.8. The van der Waals surface area contributed by atoms with E-state index in [1.165, 1.54) is 93.9 Å². The highest BCUT2D eigenvalue weighted by Crippen LogP contribution is 2.45. The molecule has 3 heteroatoms. The van der Waals surface area contributed by atoms with Gasteiger partial charge in [0.15, 0.2) is 5.69 Å². The predicted molar refractivity (Wildman–Crippen MR) is 281 cm³/mol. The monoisotopic (exact) mass is 849 g/mol. The van der Waals surface area contributed by atoms with E-state index in [0.717, 1.165) is 50.1 Å². The molecule has 66 heavy (non-hydrogen) atoms. The Balaban J connectivity index is 1.22. The number of para-hydroxylation sites is 2. The molecule has 11 aromatic rings. The Kier molecular flexibility index (Phi) is 9.68. The van der Waals surface area contributed by atoms with Crippen LogP contribution in [0, 0.1) is 62.0 Å². The third-order valence-electron chi connectivity index (χ3n) is 14.1. The molecular formula is C63H51N3. The largest absolute Gasteiger partial charge is 0.309 e. The lowest BCUT2D eigenvalue weighted by Gasteiger charge is -2.21. The van der Waals surface area contributed by atoms with Crippen LogP contribution in [0.4, 0.5) is 5.69 Å². The van der Waals surface area contributed by atoms with Gasteiger partial charge in [-0.1, -0.05) is 120 Å². The average Bonchev–Trinajstić information content (AvgIpc) is 3.81.